The lowest BCUT2D eigenvalue weighted by Gasteiger charge is -2.23. The second-order valence-corrected chi connectivity index (χ2v) is 3.47. The summed E-state index contributed by atoms with van der Waals surface area (Å²) in [7, 11) is 0. The summed E-state index contributed by atoms with van der Waals surface area (Å²) in [5, 5.41) is 12.9. The minimum atomic E-state index is 0.321. The maximum Gasteiger partial charge on any atom is 0.0771 e. The normalized spacial score (nSPS) is 21.8. The quantitative estimate of drug-likeness (QED) is 0.708. The zero-order valence-corrected chi connectivity index (χ0v) is 8.02. The number of hydrogen-bond donors (Lipinski definition) is 0. The van der Waals surface area contributed by atoms with Gasteiger partial charge in [-0.25, -0.2) is 0 Å². The highest BCUT2D eigenvalue weighted by molar-refractivity contribution is 5.07. The molecule has 74 valence electrons. The molecule has 4 nitrogen and oxygen atoms in total. The van der Waals surface area contributed by atoms with Gasteiger partial charge in [-0.2, -0.15) is 10.4 Å². The second kappa shape index (κ2) is 4.25. The standard InChI is InChI=1S/C10H13N3O/c11-5-3-9-4-6-12-13(9)10-2-1-7-14-8-10/h4,6,10H,1-3,7-8H2. The molecular formula is C10H13N3O. The van der Waals surface area contributed by atoms with Crippen molar-refractivity contribution >= 4 is 0 Å². The molecule has 1 unspecified atom stereocenters. The lowest BCUT2D eigenvalue weighted by Crippen LogP contribution is -2.23. The molecule has 1 atom stereocenters. The highest BCUT2D eigenvalue weighted by Gasteiger charge is 2.18. The van der Waals surface area contributed by atoms with Gasteiger partial charge in [0.15, 0.2) is 0 Å². The smallest absolute Gasteiger partial charge is 0.0771 e. The first-order valence-corrected chi connectivity index (χ1v) is 4.89. The Bertz CT molecular complexity index is 333. The van der Waals surface area contributed by atoms with Crippen LogP contribution < -0.4 is 0 Å². The summed E-state index contributed by atoms with van der Waals surface area (Å²) >= 11 is 0. The SMILES string of the molecule is N#CCc1ccnn1C1CCCOC1. The molecule has 1 fully saturated rings. The first-order valence-electron chi connectivity index (χ1n) is 4.89. The van der Waals surface area contributed by atoms with Gasteiger partial charge in [-0.15, -0.1) is 0 Å². The van der Waals surface area contributed by atoms with E-state index in [1.54, 1.807) is 6.20 Å². The molecule has 0 radical (unpaired) electrons. The number of hydrogen-bond acceptors (Lipinski definition) is 3. The summed E-state index contributed by atoms with van der Waals surface area (Å²) in [6.07, 6.45) is 4.36. The molecule has 2 rings (SSSR count). The Kier molecular flexibility index (Phi) is 2.80. The fraction of sp³-hybridized carbons (Fsp3) is 0.600. The van der Waals surface area contributed by atoms with Crippen molar-refractivity contribution in [3.05, 3.63) is 18.0 Å². The van der Waals surface area contributed by atoms with E-state index in [9.17, 15) is 0 Å². The Labute approximate surface area is 83.1 Å². The summed E-state index contributed by atoms with van der Waals surface area (Å²) in [5.74, 6) is 0. The van der Waals surface area contributed by atoms with Gasteiger partial charge in [0.25, 0.3) is 0 Å². The third kappa shape index (κ3) is 1.78. The highest BCUT2D eigenvalue weighted by atomic mass is 16.5. The van der Waals surface area contributed by atoms with Crippen LogP contribution in [-0.2, 0) is 11.2 Å². The van der Waals surface area contributed by atoms with Crippen molar-refractivity contribution in [1.29, 1.82) is 5.26 Å². The summed E-state index contributed by atoms with van der Waals surface area (Å²) in [6.45, 7) is 1.57. The predicted molar refractivity (Wildman–Crippen MR) is 50.6 cm³/mol. The average molecular weight is 191 g/mol. The molecule has 1 aliphatic heterocycles. The molecule has 0 aliphatic carbocycles. The summed E-state index contributed by atoms with van der Waals surface area (Å²) in [6, 6.07) is 4.37. The Morgan fingerprint density at radius 1 is 1.71 bits per heavy atom. The van der Waals surface area contributed by atoms with Crippen LogP contribution in [0.1, 0.15) is 24.6 Å². The molecule has 0 aromatic carbocycles. The van der Waals surface area contributed by atoms with Gasteiger partial charge in [-0.1, -0.05) is 0 Å². The lowest BCUT2D eigenvalue weighted by atomic mass is 10.1. The van der Waals surface area contributed by atoms with Crippen molar-refractivity contribution in [2.75, 3.05) is 13.2 Å². The number of aromatic nitrogens is 2. The topological polar surface area (TPSA) is 50.8 Å². The predicted octanol–water partition coefficient (Wildman–Crippen LogP) is 1.30. The lowest BCUT2D eigenvalue weighted by molar-refractivity contribution is 0.0540. The van der Waals surface area contributed by atoms with Crippen LogP contribution in [0.25, 0.3) is 0 Å². The van der Waals surface area contributed by atoms with E-state index < -0.39 is 0 Å². The number of nitrogens with zero attached hydrogens (tertiary/aromatic N) is 3. The summed E-state index contributed by atoms with van der Waals surface area (Å²) < 4.78 is 7.33. The van der Waals surface area contributed by atoms with E-state index in [2.05, 4.69) is 11.2 Å². The zero-order valence-electron chi connectivity index (χ0n) is 8.02. The molecule has 0 N–H and O–H groups in total. The molecule has 14 heavy (non-hydrogen) atoms. The van der Waals surface area contributed by atoms with Crippen LogP contribution in [0.4, 0.5) is 0 Å². The fourth-order valence-corrected chi connectivity index (χ4v) is 1.81. The Morgan fingerprint density at radius 2 is 2.64 bits per heavy atom. The molecule has 1 aromatic heterocycles. The van der Waals surface area contributed by atoms with Crippen LogP contribution in [0.15, 0.2) is 12.3 Å². The van der Waals surface area contributed by atoms with Gasteiger partial charge in [0.05, 0.1) is 30.8 Å². The van der Waals surface area contributed by atoms with Gasteiger partial charge in [0.1, 0.15) is 0 Å². The number of rotatable bonds is 2. The van der Waals surface area contributed by atoms with Crippen molar-refractivity contribution in [3.63, 3.8) is 0 Å². The third-order valence-corrected chi connectivity index (χ3v) is 2.49. The van der Waals surface area contributed by atoms with Crippen molar-refractivity contribution in [2.45, 2.75) is 25.3 Å². The van der Waals surface area contributed by atoms with E-state index >= 15 is 0 Å². The van der Waals surface area contributed by atoms with Crippen LogP contribution in [-0.4, -0.2) is 23.0 Å². The van der Waals surface area contributed by atoms with E-state index in [0.717, 1.165) is 31.7 Å². The fourth-order valence-electron chi connectivity index (χ4n) is 1.81. The molecule has 2 heterocycles. The third-order valence-electron chi connectivity index (χ3n) is 2.49. The monoisotopic (exact) mass is 191 g/mol. The molecule has 1 aliphatic rings. The van der Waals surface area contributed by atoms with Crippen LogP contribution >= 0.6 is 0 Å². The van der Waals surface area contributed by atoms with Gasteiger partial charge >= 0.3 is 0 Å². The molecule has 4 heteroatoms. The molecule has 1 saturated heterocycles. The van der Waals surface area contributed by atoms with Gasteiger partial charge in [0, 0.05) is 12.8 Å². The van der Waals surface area contributed by atoms with E-state index in [1.807, 2.05) is 10.7 Å². The number of ether oxygens (including phenoxy) is 1. The average Bonchev–Trinajstić information content (AvgIpc) is 2.68. The molecule has 0 amide bonds. The summed E-state index contributed by atoms with van der Waals surface area (Å²) in [5.41, 5.74) is 0.989. The van der Waals surface area contributed by atoms with Gasteiger partial charge in [0.2, 0.25) is 0 Å². The van der Waals surface area contributed by atoms with Crippen LogP contribution in [0.2, 0.25) is 0 Å². The van der Waals surface area contributed by atoms with E-state index in [4.69, 9.17) is 10.00 Å². The minimum absolute atomic E-state index is 0.321. The van der Waals surface area contributed by atoms with E-state index in [-0.39, 0.29) is 0 Å². The molecule has 0 spiro atoms. The first kappa shape index (κ1) is 9.22. The zero-order chi connectivity index (χ0) is 9.80. The molecular weight excluding hydrogens is 178 g/mol. The second-order valence-electron chi connectivity index (χ2n) is 3.47. The minimum Gasteiger partial charge on any atom is -0.379 e. The maximum atomic E-state index is 8.64. The van der Waals surface area contributed by atoms with Crippen molar-refractivity contribution in [1.82, 2.24) is 9.78 Å². The Hall–Kier alpha value is -1.34. The van der Waals surface area contributed by atoms with Gasteiger partial charge in [-0.05, 0) is 18.9 Å². The largest absolute Gasteiger partial charge is 0.379 e. The molecule has 0 bridgehead atoms. The Balaban J connectivity index is 2.13. The highest BCUT2D eigenvalue weighted by Crippen LogP contribution is 2.20. The van der Waals surface area contributed by atoms with Crippen molar-refractivity contribution in [2.24, 2.45) is 0 Å². The maximum absolute atomic E-state index is 8.64. The Morgan fingerprint density at radius 3 is 3.36 bits per heavy atom. The molecule has 1 aromatic rings. The van der Waals surface area contributed by atoms with Crippen molar-refractivity contribution in [3.8, 4) is 6.07 Å². The van der Waals surface area contributed by atoms with Crippen LogP contribution in [0.5, 0.6) is 0 Å². The van der Waals surface area contributed by atoms with Crippen molar-refractivity contribution < 1.29 is 4.74 Å². The first-order chi connectivity index (χ1) is 6.92. The van der Waals surface area contributed by atoms with Gasteiger partial charge in [-0.3, -0.25) is 4.68 Å². The number of nitriles is 1. The van der Waals surface area contributed by atoms with E-state index in [0.29, 0.717) is 12.5 Å². The van der Waals surface area contributed by atoms with Gasteiger partial charge < -0.3 is 4.74 Å². The summed E-state index contributed by atoms with van der Waals surface area (Å²) in [4.78, 5) is 0. The van der Waals surface area contributed by atoms with E-state index in [1.165, 1.54) is 0 Å². The molecule has 0 saturated carbocycles. The van der Waals surface area contributed by atoms with Crippen LogP contribution in [0, 0.1) is 11.3 Å². The van der Waals surface area contributed by atoms with Crippen LogP contribution in [0.3, 0.4) is 0 Å².